The van der Waals surface area contributed by atoms with E-state index in [0.29, 0.717) is 36.3 Å². The lowest BCUT2D eigenvalue weighted by Gasteiger charge is -2.38. The summed E-state index contributed by atoms with van der Waals surface area (Å²) in [5, 5.41) is 2.92. The zero-order valence-corrected chi connectivity index (χ0v) is 17.3. The first kappa shape index (κ1) is 19.5. The number of fused-ring (bicyclic) bond motifs is 3. The molecule has 29 heavy (non-hydrogen) atoms. The van der Waals surface area contributed by atoms with Gasteiger partial charge in [-0.1, -0.05) is 13.0 Å². The molecule has 2 aliphatic heterocycles. The number of nitrogens with one attached hydrogen (secondary N) is 1. The van der Waals surface area contributed by atoms with Gasteiger partial charge in [-0.05, 0) is 55.5 Å². The smallest absolute Gasteiger partial charge is 0.255 e. The van der Waals surface area contributed by atoms with E-state index in [1.807, 2.05) is 37.4 Å². The molecule has 6 nitrogen and oxygen atoms in total. The highest BCUT2D eigenvalue weighted by atomic mass is 32.2. The van der Waals surface area contributed by atoms with Crippen LogP contribution in [0.3, 0.4) is 0 Å². The van der Waals surface area contributed by atoms with Gasteiger partial charge in [-0.3, -0.25) is 19.3 Å². The second kappa shape index (κ2) is 7.91. The summed E-state index contributed by atoms with van der Waals surface area (Å²) in [5.74, 6) is -0.341. The van der Waals surface area contributed by atoms with Crippen molar-refractivity contribution in [2.24, 2.45) is 0 Å². The lowest BCUT2D eigenvalue weighted by molar-refractivity contribution is -0.122. The lowest BCUT2D eigenvalue weighted by atomic mass is 10.0. The molecule has 0 bridgehead atoms. The van der Waals surface area contributed by atoms with Crippen LogP contribution in [0.15, 0.2) is 47.4 Å². The summed E-state index contributed by atoms with van der Waals surface area (Å²) in [7, 11) is 0. The van der Waals surface area contributed by atoms with Crippen molar-refractivity contribution in [3.63, 3.8) is 0 Å². The number of amides is 3. The van der Waals surface area contributed by atoms with E-state index >= 15 is 0 Å². The number of rotatable bonds is 5. The second-order valence-electron chi connectivity index (χ2n) is 7.20. The van der Waals surface area contributed by atoms with Gasteiger partial charge in [0.1, 0.15) is 6.04 Å². The molecule has 2 heterocycles. The molecule has 0 spiro atoms. The van der Waals surface area contributed by atoms with Crippen LogP contribution in [0.2, 0.25) is 0 Å². The number of thioether (sulfide) groups is 1. The van der Waals surface area contributed by atoms with Crippen molar-refractivity contribution in [3.8, 4) is 0 Å². The SMILES string of the molecule is CCCN1C(=O)[C@H]2CCC(=O)N2c2ccc(C(=O)Nc3cccc(SC)c3)cc21. The number of anilines is 3. The normalized spacial score (nSPS) is 17.9. The van der Waals surface area contributed by atoms with Gasteiger partial charge >= 0.3 is 0 Å². The Bertz CT molecular complexity index is 991. The Morgan fingerprint density at radius 1 is 1.17 bits per heavy atom. The molecular weight excluding hydrogens is 386 g/mol. The number of benzene rings is 2. The first-order valence-electron chi connectivity index (χ1n) is 9.76. The molecule has 1 atom stereocenters. The van der Waals surface area contributed by atoms with Gasteiger partial charge in [0.25, 0.3) is 5.91 Å². The van der Waals surface area contributed by atoms with Gasteiger partial charge in [-0.2, -0.15) is 0 Å². The van der Waals surface area contributed by atoms with Crippen LogP contribution in [0.25, 0.3) is 0 Å². The maximum atomic E-state index is 13.0. The van der Waals surface area contributed by atoms with E-state index in [9.17, 15) is 14.4 Å². The average Bonchev–Trinajstić information content (AvgIpc) is 3.12. The summed E-state index contributed by atoms with van der Waals surface area (Å²) >= 11 is 1.61. The molecule has 3 amide bonds. The molecule has 0 aliphatic carbocycles. The maximum Gasteiger partial charge on any atom is 0.255 e. The van der Waals surface area contributed by atoms with Crippen LogP contribution in [0.5, 0.6) is 0 Å². The van der Waals surface area contributed by atoms with Crippen LogP contribution < -0.4 is 15.1 Å². The molecule has 1 fully saturated rings. The Hall–Kier alpha value is -2.80. The third-order valence-corrected chi connectivity index (χ3v) is 6.05. The molecule has 2 aromatic rings. The first-order valence-corrected chi connectivity index (χ1v) is 11.0. The van der Waals surface area contributed by atoms with Gasteiger partial charge in [0.15, 0.2) is 0 Å². The van der Waals surface area contributed by atoms with Crippen molar-refractivity contribution in [2.75, 3.05) is 27.9 Å². The summed E-state index contributed by atoms with van der Waals surface area (Å²) in [4.78, 5) is 42.6. The molecule has 0 saturated carbocycles. The number of hydrogen-bond donors (Lipinski definition) is 1. The van der Waals surface area contributed by atoms with Crippen molar-refractivity contribution in [1.29, 1.82) is 0 Å². The largest absolute Gasteiger partial charge is 0.322 e. The second-order valence-corrected chi connectivity index (χ2v) is 8.08. The van der Waals surface area contributed by atoms with E-state index in [4.69, 9.17) is 0 Å². The molecule has 0 unspecified atom stereocenters. The molecule has 0 aromatic heterocycles. The van der Waals surface area contributed by atoms with E-state index in [2.05, 4.69) is 5.32 Å². The highest BCUT2D eigenvalue weighted by molar-refractivity contribution is 7.98. The molecule has 0 radical (unpaired) electrons. The van der Waals surface area contributed by atoms with Gasteiger partial charge in [0.2, 0.25) is 11.8 Å². The van der Waals surface area contributed by atoms with Gasteiger partial charge in [0.05, 0.1) is 11.4 Å². The monoisotopic (exact) mass is 409 g/mol. The van der Waals surface area contributed by atoms with Crippen LogP contribution >= 0.6 is 11.8 Å². The number of carbonyl (C=O) groups excluding carboxylic acids is 3. The topological polar surface area (TPSA) is 69.7 Å². The number of nitrogens with zero attached hydrogens (tertiary/aromatic N) is 2. The summed E-state index contributed by atoms with van der Waals surface area (Å²) in [6, 6.07) is 12.4. The fourth-order valence-corrected chi connectivity index (χ4v) is 4.42. The summed E-state index contributed by atoms with van der Waals surface area (Å²) in [6.45, 7) is 2.57. The summed E-state index contributed by atoms with van der Waals surface area (Å²) < 4.78 is 0. The molecule has 2 aliphatic rings. The van der Waals surface area contributed by atoms with Gasteiger partial charge in [-0.25, -0.2) is 0 Å². The van der Waals surface area contributed by atoms with E-state index < -0.39 is 6.04 Å². The van der Waals surface area contributed by atoms with Crippen LogP contribution in [0.4, 0.5) is 17.1 Å². The zero-order valence-electron chi connectivity index (χ0n) is 16.5. The highest BCUT2D eigenvalue weighted by Crippen LogP contribution is 2.41. The molecule has 7 heteroatoms. The molecule has 150 valence electrons. The number of carbonyl (C=O) groups is 3. The Morgan fingerprint density at radius 3 is 2.76 bits per heavy atom. The van der Waals surface area contributed by atoms with Crippen molar-refractivity contribution in [2.45, 2.75) is 37.1 Å². The van der Waals surface area contributed by atoms with Gasteiger partial charge in [0, 0.05) is 29.1 Å². The molecular formula is C22H23N3O3S. The minimum Gasteiger partial charge on any atom is -0.322 e. The fraction of sp³-hybridized carbons (Fsp3) is 0.318. The first-order chi connectivity index (χ1) is 14.0. The Kier molecular flexibility index (Phi) is 5.32. The predicted octanol–water partition coefficient (Wildman–Crippen LogP) is 3.91. The Labute approximate surface area is 174 Å². The molecule has 1 saturated heterocycles. The molecule has 4 rings (SSSR count). The van der Waals surface area contributed by atoms with Gasteiger partial charge < -0.3 is 10.2 Å². The van der Waals surface area contributed by atoms with E-state index in [0.717, 1.165) is 17.0 Å². The Morgan fingerprint density at radius 2 is 2.00 bits per heavy atom. The quantitative estimate of drug-likeness (QED) is 0.760. The summed E-state index contributed by atoms with van der Waals surface area (Å²) in [5.41, 5.74) is 2.52. The Balaban J connectivity index is 1.68. The predicted molar refractivity (Wildman–Crippen MR) is 116 cm³/mol. The third-order valence-electron chi connectivity index (χ3n) is 5.33. The van der Waals surface area contributed by atoms with Crippen LogP contribution in [-0.2, 0) is 9.59 Å². The highest BCUT2D eigenvalue weighted by Gasteiger charge is 2.44. The minimum atomic E-state index is -0.421. The van der Waals surface area contributed by atoms with Crippen molar-refractivity contribution < 1.29 is 14.4 Å². The van der Waals surface area contributed by atoms with Gasteiger partial charge in [-0.15, -0.1) is 11.8 Å². The van der Waals surface area contributed by atoms with E-state index in [1.54, 1.807) is 39.8 Å². The summed E-state index contributed by atoms with van der Waals surface area (Å²) in [6.07, 6.45) is 3.70. The lowest BCUT2D eigenvalue weighted by Crippen LogP contribution is -2.52. The van der Waals surface area contributed by atoms with Crippen LogP contribution in [0.1, 0.15) is 36.5 Å². The maximum absolute atomic E-state index is 13.0. The van der Waals surface area contributed by atoms with Crippen molar-refractivity contribution >= 4 is 46.5 Å². The third kappa shape index (κ3) is 3.51. The van der Waals surface area contributed by atoms with Crippen molar-refractivity contribution in [1.82, 2.24) is 0 Å². The van der Waals surface area contributed by atoms with Crippen LogP contribution in [0, 0.1) is 0 Å². The standard InChI is InChI=1S/C22H23N3O3S/c1-3-11-24-19-12-14(21(27)23-15-5-4-6-16(13-15)29-2)7-8-17(19)25-18(22(24)28)9-10-20(25)26/h4-8,12-13,18H,3,9-11H2,1-2H3,(H,23,27)/t18-/m1/s1. The average molecular weight is 410 g/mol. The van der Waals surface area contributed by atoms with Crippen molar-refractivity contribution in [3.05, 3.63) is 48.0 Å². The number of hydrogen-bond acceptors (Lipinski definition) is 4. The van der Waals surface area contributed by atoms with Crippen LogP contribution in [-0.4, -0.2) is 36.6 Å². The fourth-order valence-electron chi connectivity index (χ4n) is 3.96. The molecule has 2 aromatic carbocycles. The van der Waals surface area contributed by atoms with E-state index in [1.165, 1.54) is 0 Å². The van der Waals surface area contributed by atoms with E-state index in [-0.39, 0.29) is 17.7 Å². The molecule has 1 N–H and O–H groups in total. The zero-order chi connectivity index (χ0) is 20.5. The minimum absolute atomic E-state index is 0.0353.